The van der Waals surface area contributed by atoms with Crippen molar-refractivity contribution in [3.63, 3.8) is 0 Å². The van der Waals surface area contributed by atoms with Gasteiger partial charge in [0.15, 0.2) is 29.1 Å². The van der Waals surface area contributed by atoms with Crippen molar-refractivity contribution in [2.45, 2.75) is 153 Å². The van der Waals surface area contributed by atoms with Crippen molar-refractivity contribution >= 4 is 63.1 Å². The molecule has 1 heterocycles. The highest BCUT2D eigenvalue weighted by atomic mass is 32.2. The van der Waals surface area contributed by atoms with E-state index in [1.165, 1.54) is 31.2 Å². The van der Waals surface area contributed by atoms with E-state index in [1.54, 1.807) is 32.9 Å². The van der Waals surface area contributed by atoms with Crippen LogP contribution >= 0.6 is 0 Å². The van der Waals surface area contributed by atoms with Crippen LogP contribution in [0.25, 0.3) is 0 Å². The van der Waals surface area contributed by atoms with Crippen LogP contribution in [0, 0.1) is 28.6 Å². The Bertz CT molecular complexity index is 2610. The first-order chi connectivity index (χ1) is 36.1. The van der Waals surface area contributed by atoms with Crippen LogP contribution in [-0.2, 0) is 59.7 Å². The Balaban J connectivity index is 1.05. The molecule has 1 unspecified atom stereocenters. The van der Waals surface area contributed by atoms with E-state index in [9.17, 15) is 51.9 Å². The number of anilines is 1. The molecule has 0 bridgehead atoms. The number of Topliss-reactive ketones (excluding diaryl/α,β-unsaturated/α-hetero) is 1. The summed E-state index contributed by atoms with van der Waals surface area (Å²) >= 11 is 0. The molecule has 23 nitrogen and oxygen atoms in total. The van der Waals surface area contributed by atoms with Crippen LogP contribution in [0.3, 0.4) is 0 Å². The van der Waals surface area contributed by atoms with Crippen LogP contribution in [0.5, 0.6) is 0 Å². The summed E-state index contributed by atoms with van der Waals surface area (Å²) < 4.78 is 82.9. The number of halogens is 2. The number of rotatable bonds is 24. The third-order valence-electron chi connectivity index (χ3n) is 15.9. The quantitative estimate of drug-likeness (QED) is 0.0521. The van der Waals surface area contributed by atoms with Crippen LogP contribution in [0.1, 0.15) is 98.0 Å². The highest BCUT2D eigenvalue weighted by Gasteiger charge is 2.80. The second-order valence-electron chi connectivity index (χ2n) is 21.3. The maximum absolute atomic E-state index is 17.9. The minimum atomic E-state index is -4.30. The number of fused-ring (bicyclic) bond motifs is 7. The summed E-state index contributed by atoms with van der Waals surface area (Å²) in [7, 11) is -4.30. The Hall–Kier alpha value is -5.93. The normalized spacial score (nSPS) is 30.2. The average molecular weight is 1110 g/mol. The molecular weight excluding hydrogens is 1030 g/mol. The van der Waals surface area contributed by atoms with Gasteiger partial charge in [-0.15, -0.1) is 0 Å². The van der Waals surface area contributed by atoms with Gasteiger partial charge in [0.1, 0.15) is 24.9 Å². The summed E-state index contributed by atoms with van der Waals surface area (Å²) in [6, 6.07) is 1.63. The number of carbonyl (C=O) groups excluding carboxylic acids is 8. The fourth-order valence-electron chi connectivity index (χ4n) is 12.0. The lowest BCUT2D eigenvalue weighted by Crippen LogP contribution is -2.71. The standard InChI is InChI=1S/C51H72F2N8O15S/c1-6-8-41-75-39-23-31-32-22-34(52)33-21-30(62)16-17-48(33,4)50(32,53)37(63)24-49(31,5)51(39,76-41)38(64)25-58-47(70)74-26-28-10-12-29(13-11-28)59-44(67)36(9-7-18-57-46(55)69)60-45(68)42(27(2)3)61-43(66)35(54)14-15-40(65)56-19-20-77(71,72)73/h10-13,16-17,21,27,31-32,34-37,39,41-42,63H,6-9,14-15,18-20,22-26,54H2,1-5H3,(H,56,65)(H,58,70)(H,59,67)(H,60,68)(H,61,66)(H3,55,57,69)(H,71,72,73)/t31-,32-,34-,35+,36-,37-,39+,41?,42-,48-,49-,50-,51+/m0/s1. The third kappa shape index (κ3) is 13.0. The van der Waals surface area contributed by atoms with Crippen molar-refractivity contribution in [2.24, 2.45) is 40.1 Å². The molecule has 12 N–H and O–H groups in total. The predicted octanol–water partition coefficient (Wildman–Crippen LogP) is 1.82. The second kappa shape index (κ2) is 24.4. The molecule has 0 spiro atoms. The zero-order valence-corrected chi connectivity index (χ0v) is 44.6. The predicted molar refractivity (Wildman–Crippen MR) is 272 cm³/mol. The van der Waals surface area contributed by atoms with Crippen LogP contribution in [-0.4, -0.2) is 145 Å². The summed E-state index contributed by atoms with van der Waals surface area (Å²) in [6.07, 6.45) is -2.08. The summed E-state index contributed by atoms with van der Waals surface area (Å²) in [5.74, 6) is -6.90. The number of hydrogen-bond acceptors (Lipinski definition) is 15. The maximum atomic E-state index is 17.9. The molecule has 426 valence electrons. The zero-order valence-electron chi connectivity index (χ0n) is 43.7. The van der Waals surface area contributed by atoms with E-state index < -0.39 is 152 Å². The molecule has 1 aliphatic heterocycles. The molecule has 26 heteroatoms. The van der Waals surface area contributed by atoms with Gasteiger partial charge in [-0.1, -0.05) is 52.3 Å². The van der Waals surface area contributed by atoms with Crippen molar-refractivity contribution in [2.75, 3.05) is 30.7 Å². The van der Waals surface area contributed by atoms with Crippen molar-refractivity contribution in [1.29, 1.82) is 0 Å². The first-order valence-electron chi connectivity index (χ1n) is 25.8. The monoisotopic (exact) mass is 1110 g/mol. The van der Waals surface area contributed by atoms with Gasteiger partial charge in [0.2, 0.25) is 23.6 Å². The van der Waals surface area contributed by atoms with Gasteiger partial charge >= 0.3 is 12.1 Å². The Morgan fingerprint density at radius 1 is 0.948 bits per heavy atom. The van der Waals surface area contributed by atoms with E-state index in [0.29, 0.717) is 18.4 Å². The van der Waals surface area contributed by atoms with Gasteiger partial charge in [0, 0.05) is 41.9 Å². The zero-order chi connectivity index (χ0) is 56.8. The first-order valence-corrected chi connectivity index (χ1v) is 27.5. The Morgan fingerprint density at radius 2 is 1.65 bits per heavy atom. The van der Waals surface area contributed by atoms with Gasteiger partial charge in [0.25, 0.3) is 10.1 Å². The van der Waals surface area contributed by atoms with Crippen molar-refractivity contribution in [3.8, 4) is 0 Å². The smallest absolute Gasteiger partial charge is 0.407 e. The fraction of sp³-hybridized carbons (Fsp3) is 0.647. The number of nitrogens with one attached hydrogen (secondary N) is 6. The highest BCUT2D eigenvalue weighted by Crippen LogP contribution is 2.72. The number of benzene rings is 1. The van der Waals surface area contributed by atoms with Gasteiger partial charge in [0.05, 0.1) is 30.5 Å². The Morgan fingerprint density at radius 3 is 2.30 bits per heavy atom. The average Bonchev–Trinajstić information content (AvgIpc) is 4.02. The van der Waals surface area contributed by atoms with Gasteiger partial charge in [-0.25, -0.2) is 18.4 Å². The van der Waals surface area contributed by atoms with Crippen molar-refractivity contribution in [1.82, 2.24) is 26.6 Å². The number of nitrogens with two attached hydrogens (primary N) is 2. The van der Waals surface area contributed by atoms with Crippen LogP contribution in [0.15, 0.2) is 48.1 Å². The molecule has 7 amide bonds. The third-order valence-corrected chi connectivity index (χ3v) is 16.6. The van der Waals surface area contributed by atoms with E-state index in [1.807, 2.05) is 6.92 Å². The lowest BCUT2D eigenvalue weighted by molar-refractivity contribution is -0.233. The van der Waals surface area contributed by atoms with E-state index >= 15 is 8.78 Å². The van der Waals surface area contributed by atoms with Gasteiger partial charge < -0.3 is 62.7 Å². The lowest BCUT2D eigenvalue weighted by Gasteiger charge is -2.63. The summed E-state index contributed by atoms with van der Waals surface area (Å²) in [4.78, 5) is 104. The number of aliphatic hydroxyl groups excluding tert-OH is 1. The molecule has 6 rings (SSSR count). The highest BCUT2D eigenvalue weighted by molar-refractivity contribution is 7.85. The molecule has 77 heavy (non-hydrogen) atoms. The molecule has 4 fully saturated rings. The van der Waals surface area contributed by atoms with Gasteiger partial charge in [-0.05, 0) is 99.1 Å². The minimum absolute atomic E-state index is 0.00667. The number of alkyl carbamates (subject to hydrolysis) is 1. The van der Waals surface area contributed by atoms with E-state index in [4.69, 9.17) is 30.2 Å². The number of amides is 7. The van der Waals surface area contributed by atoms with Gasteiger partial charge in [-0.3, -0.25) is 33.3 Å². The lowest BCUT2D eigenvalue weighted by atomic mass is 9.44. The van der Waals surface area contributed by atoms with E-state index in [-0.39, 0.29) is 75.9 Å². The molecule has 5 aliphatic rings. The summed E-state index contributed by atoms with van der Waals surface area (Å²) in [5.41, 5.74) is 4.83. The second-order valence-corrected chi connectivity index (χ2v) is 22.9. The molecule has 1 aromatic carbocycles. The maximum Gasteiger partial charge on any atom is 0.407 e. The van der Waals surface area contributed by atoms with Crippen molar-refractivity contribution in [3.05, 3.63) is 53.6 Å². The fourth-order valence-corrected chi connectivity index (χ4v) is 12.3. The van der Waals surface area contributed by atoms with Crippen LogP contribution in [0.4, 0.5) is 24.1 Å². The van der Waals surface area contributed by atoms with Crippen LogP contribution < -0.4 is 43.4 Å². The molecule has 3 saturated carbocycles. The largest absolute Gasteiger partial charge is 0.445 e. The SMILES string of the molecule is CCCC1O[C@@H]2C[C@H]3[C@@H]4C[C@H](F)C5=CC(=O)C=C[C@]5(C)[C@@]4(F)[C@@H](O)C[C@]3(C)[C@]2(C(=O)CNC(=O)OCc2ccc(NC(=O)[C@H](CCCNC(N)=O)NC(=O)[C@@H](NC(=O)[C@H](N)CCC(=O)NCCS(=O)(=O)O)C(C)C)cc2)O1. The number of urea groups is 1. The number of carbonyl (C=O) groups is 8. The molecule has 0 aromatic heterocycles. The Kier molecular flexibility index (Phi) is 19.1. The molecule has 1 aromatic rings. The topological polar surface area (TPSA) is 363 Å². The number of allylic oxidation sites excluding steroid dienone is 4. The minimum Gasteiger partial charge on any atom is -0.445 e. The summed E-state index contributed by atoms with van der Waals surface area (Å²) in [5, 5.41) is 27.0. The van der Waals surface area contributed by atoms with Gasteiger partial charge in [-0.2, -0.15) is 8.42 Å². The molecule has 1 saturated heterocycles. The number of ketones is 2. The summed E-state index contributed by atoms with van der Waals surface area (Å²) in [6.45, 7) is 7.23. The number of aliphatic hydroxyl groups is 1. The molecular formula is C51H72F2N8O15S. The first kappa shape index (κ1) is 60.3. The van der Waals surface area contributed by atoms with Crippen molar-refractivity contribution < 1.29 is 79.4 Å². The Labute approximate surface area is 445 Å². The number of alkyl halides is 2. The molecule has 13 atom stereocenters. The van der Waals surface area contributed by atoms with E-state index in [0.717, 1.165) is 6.08 Å². The number of ether oxygens (including phenoxy) is 3. The molecule has 0 radical (unpaired) electrons. The number of primary amides is 1. The van der Waals surface area contributed by atoms with Crippen LogP contribution in [0.2, 0.25) is 0 Å². The van der Waals surface area contributed by atoms with E-state index in [2.05, 4.69) is 31.9 Å². The molecule has 4 aliphatic carbocycles. The number of hydrogen-bond donors (Lipinski definition) is 10.